The van der Waals surface area contributed by atoms with Gasteiger partial charge in [-0.1, -0.05) is 181 Å². The van der Waals surface area contributed by atoms with Crippen LogP contribution in [0.2, 0.25) is 0 Å². The second-order valence-corrected chi connectivity index (χ2v) is 14.3. The predicted octanol–water partition coefficient (Wildman–Crippen LogP) is 9.38. The topological polar surface area (TPSA) is 0 Å². The quantitative estimate of drug-likeness (QED) is 0.300. The summed E-state index contributed by atoms with van der Waals surface area (Å²) in [5.74, 6) is 0. The zero-order valence-electron chi connectivity index (χ0n) is 11.3. The Kier molecular flexibility index (Phi) is 8.60. The fourth-order valence-corrected chi connectivity index (χ4v) is 7.57. The molecule has 0 saturated carbocycles. The second-order valence-electron chi connectivity index (χ2n) is 4.76. The normalized spacial score (nSPS) is 15.4. The third-order valence-corrected chi connectivity index (χ3v) is 9.06. The SMILES string of the molecule is ClC(Cl)(Cl)C(Cl)(Cl)C(Cl)(Cl)C(c1ccccc1)(C(Cl)(Cl)Cl)C(Cl)(Cl)Cl. The molecule has 0 aliphatic rings. The van der Waals surface area contributed by atoms with Gasteiger partial charge in [0.25, 0.3) is 0 Å². The van der Waals surface area contributed by atoms with E-state index in [4.69, 9.17) is 151 Å². The van der Waals surface area contributed by atoms with Crippen molar-refractivity contribution in [1.82, 2.24) is 0 Å². The minimum absolute atomic E-state index is 0.0694. The van der Waals surface area contributed by atoms with Gasteiger partial charge in [-0.2, -0.15) is 0 Å². The Morgan fingerprint density at radius 3 is 1.08 bits per heavy atom. The monoisotopic (exact) mass is 604 g/mol. The van der Waals surface area contributed by atoms with Crippen molar-refractivity contribution < 1.29 is 0 Å². The summed E-state index contributed by atoms with van der Waals surface area (Å²) in [6.07, 6.45) is 0. The highest BCUT2D eigenvalue weighted by atomic mass is 35.6. The Balaban J connectivity index is 4.05. The average Bonchev–Trinajstić information content (AvgIpc) is 2.35. The molecule has 0 N–H and O–H groups in total. The lowest BCUT2D eigenvalue weighted by atomic mass is 9.77. The molecule has 0 amide bonds. The van der Waals surface area contributed by atoms with Crippen molar-refractivity contribution in [1.29, 1.82) is 0 Å². The maximum atomic E-state index is 6.48. The van der Waals surface area contributed by atoms with E-state index in [0.717, 1.165) is 0 Å². The molecule has 0 bridgehead atoms. The lowest BCUT2D eigenvalue weighted by Crippen LogP contribution is -2.69. The van der Waals surface area contributed by atoms with Gasteiger partial charge in [0.05, 0.1) is 0 Å². The molecule has 13 heteroatoms. The third-order valence-electron chi connectivity index (χ3n) is 3.28. The number of rotatable bonds is 3. The molecule has 0 aliphatic heterocycles. The molecule has 0 unspecified atom stereocenters. The van der Waals surface area contributed by atoms with Gasteiger partial charge < -0.3 is 0 Å². The number of alkyl halides is 13. The van der Waals surface area contributed by atoms with Gasteiger partial charge >= 0.3 is 0 Å². The molecule has 0 radical (unpaired) electrons. The molecule has 25 heavy (non-hydrogen) atoms. The van der Waals surface area contributed by atoms with Crippen molar-refractivity contribution in [2.45, 2.75) is 25.5 Å². The van der Waals surface area contributed by atoms with Crippen LogP contribution >= 0.6 is 151 Å². The van der Waals surface area contributed by atoms with E-state index in [1.807, 2.05) is 0 Å². The first kappa shape index (κ1) is 26.0. The molecule has 1 rings (SSSR count). The summed E-state index contributed by atoms with van der Waals surface area (Å²) in [6, 6.07) is 7.64. The Labute approximate surface area is 210 Å². The number of benzene rings is 1. The fourth-order valence-electron chi connectivity index (χ4n) is 2.13. The summed E-state index contributed by atoms with van der Waals surface area (Å²) in [4.78, 5) is 0. The van der Waals surface area contributed by atoms with Gasteiger partial charge in [-0.25, -0.2) is 0 Å². The molecule has 1 aromatic rings. The Bertz CT molecular complexity index is 576. The molecule has 0 heterocycles. The molecule has 0 aliphatic carbocycles. The van der Waals surface area contributed by atoms with Crippen LogP contribution in [0.5, 0.6) is 0 Å². The maximum absolute atomic E-state index is 6.48. The van der Waals surface area contributed by atoms with Gasteiger partial charge in [0, 0.05) is 0 Å². The standard InChI is InChI=1S/C12H5Cl13/c13-8(14,9(15,16)12(23,24)25)7(10(17,18)19,11(20,21)22)6-4-2-1-3-5-6/h1-5H. The highest BCUT2D eigenvalue weighted by Crippen LogP contribution is 2.72. The average molecular weight is 610 g/mol. The van der Waals surface area contributed by atoms with Crippen LogP contribution in [-0.2, 0) is 5.41 Å². The Morgan fingerprint density at radius 1 is 0.440 bits per heavy atom. The summed E-state index contributed by atoms with van der Waals surface area (Å²) in [6.45, 7) is 0. The van der Waals surface area contributed by atoms with Crippen molar-refractivity contribution in [2.75, 3.05) is 0 Å². The van der Waals surface area contributed by atoms with E-state index in [1.165, 1.54) is 12.1 Å². The lowest BCUT2D eigenvalue weighted by Gasteiger charge is -2.55. The molecule has 0 nitrogen and oxygen atoms in total. The lowest BCUT2D eigenvalue weighted by molar-refractivity contribution is 0.357. The van der Waals surface area contributed by atoms with E-state index < -0.39 is 25.5 Å². The van der Waals surface area contributed by atoms with Crippen molar-refractivity contribution in [2.24, 2.45) is 0 Å². The van der Waals surface area contributed by atoms with E-state index >= 15 is 0 Å². The van der Waals surface area contributed by atoms with Gasteiger partial charge in [-0.05, 0) is 5.56 Å². The van der Waals surface area contributed by atoms with Crippen LogP contribution < -0.4 is 0 Å². The zero-order valence-corrected chi connectivity index (χ0v) is 21.1. The predicted molar refractivity (Wildman–Crippen MR) is 118 cm³/mol. The molecule has 0 atom stereocenters. The first-order valence-corrected chi connectivity index (χ1v) is 10.8. The van der Waals surface area contributed by atoms with Gasteiger partial charge in [-0.15, -0.1) is 0 Å². The first-order chi connectivity index (χ1) is 10.9. The number of hydrogen-bond acceptors (Lipinski definition) is 0. The largest absolute Gasteiger partial charge is 0.226 e. The maximum Gasteiger partial charge on any atom is 0.226 e. The van der Waals surface area contributed by atoms with E-state index in [-0.39, 0.29) is 5.56 Å². The van der Waals surface area contributed by atoms with Gasteiger partial charge in [0.2, 0.25) is 11.4 Å². The van der Waals surface area contributed by atoms with Crippen molar-refractivity contribution in [3.8, 4) is 0 Å². The van der Waals surface area contributed by atoms with Crippen LogP contribution in [0.3, 0.4) is 0 Å². The van der Waals surface area contributed by atoms with Crippen molar-refractivity contribution in [3.05, 3.63) is 35.9 Å². The number of hydrogen-bond donors (Lipinski definition) is 0. The zero-order chi connectivity index (χ0) is 20.1. The van der Waals surface area contributed by atoms with E-state index in [0.29, 0.717) is 0 Å². The molecule has 0 saturated heterocycles. The van der Waals surface area contributed by atoms with Crippen molar-refractivity contribution in [3.63, 3.8) is 0 Å². The molecular formula is C12H5Cl13. The van der Waals surface area contributed by atoms with Crippen molar-refractivity contribution >= 4 is 151 Å². The minimum atomic E-state index is -2.65. The molecule has 144 valence electrons. The van der Waals surface area contributed by atoms with E-state index in [9.17, 15) is 0 Å². The fraction of sp³-hybridized carbons (Fsp3) is 0.500. The molecule has 0 spiro atoms. The molecular weight excluding hydrogens is 605 g/mol. The summed E-state index contributed by atoms with van der Waals surface area (Å²) in [5, 5.41) is 0. The summed E-state index contributed by atoms with van der Waals surface area (Å²) >= 11 is 80.0. The summed E-state index contributed by atoms with van der Waals surface area (Å²) in [5.41, 5.74) is -2.32. The van der Waals surface area contributed by atoms with E-state index in [2.05, 4.69) is 0 Å². The van der Waals surface area contributed by atoms with Crippen LogP contribution in [0.4, 0.5) is 0 Å². The Hall–Kier alpha value is 2.99. The first-order valence-electron chi connectivity index (χ1n) is 5.87. The van der Waals surface area contributed by atoms with Gasteiger partial charge in [0.1, 0.15) is 5.41 Å². The second kappa shape index (κ2) is 8.26. The summed E-state index contributed by atoms with van der Waals surface area (Å²) < 4.78 is -12.7. The van der Waals surface area contributed by atoms with Crippen LogP contribution in [-0.4, -0.2) is 20.0 Å². The highest BCUT2D eigenvalue weighted by molar-refractivity contribution is 6.81. The molecule has 0 fully saturated rings. The van der Waals surface area contributed by atoms with Crippen LogP contribution in [0.1, 0.15) is 5.56 Å². The van der Waals surface area contributed by atoms with Crippen LogP contribution in [0.15, 0.2) is 30.3 Å². The third kappa shape index (κ3) is 4.39. The highest BCUT2D eigenvalue weighted by Gasteiger charge is 2.79. The van der Waals surface area contributed by atoms with Crippen LogP contribution in [0, 0.1) is 0 Å². The number of halogens is 13. The Morgan fingerprint density at radius 2 is 0.800 bits per heavy atom. The van der Waals surface area contributed by atoms with Gasteiger partial charge in [0.15, 0.2) is 8.67 Å². The van der Waals surface area contributed by atoms with E-state index in [1.54, 1.807) is 18.2 Å². The smallest absolute Gasteiger partial charge is 0.0967 e. The van der Waals surface area contributed by atoms with Gasteiger partial charge in [-0.3, -0.25) is 0 Å². The summed E-state index contributed by atoms with van der Waals surface area (Å²) in [7, 11) is 0. The minimum Gasteiger partial charge on any atom is -0.0967 e. The molecule has 1 aromatic carbocycles. The van der Waals surface area contributed by atoms with Crippen LogP contribution in [0.25, 0.3) is 0 Å². The molecule has 0 aromatic heterocycles.